The molecule has 2 unspecified atom stereocenters. The molecule has 2 heteroatoms. The van der Waals surface area contributed by atoms with Crippen LogP contribution in [0.15, 0.2) is 30.3 Å². The topological polar surface area (TPSA) is 32.3 Å². The van der Waals surface area contributed by atoms with Gasteiger partial charge in [0.1, 0.15) is 0 Å². The van der Waals surface area contributed by atoms with Gasteiger partial charge in [0.15, 0.2) is 0 Å². The molecule has 2 nitrogen and oxygen atoms in total. The van der Waals surface area contributed by atoms with Crippen LogP contribution in [0.2, 0.25) is 0 Å². The van der Waals surface area contributed by atoms with Crippen LogP contribution in [0.4, 0.5) is 0 Å². The van der Waals surface area contributed by atoms with E-state index in [1.165, 1.54) is 5.56 Å². The van der Waals surface area contributed by atoms with E-state index in [9.17, 15) is 5.11 Å². The van der Waals surface area contributed by atoms with Crippen LogP contribution in [0, 0.1) is 5.92 Å². The monoisotopic (exact) mass is 249 g/mol. The largest absolute Gasteiger partial charge is 0.389 e. The quantitative estimate of drug-likeness (QED) is 0.778. The molecule has 0 radical (unpaired) electrons. The Kier molecular flexibility index (Phi) is 5.83. The molecule has 0 aliphatic carbocycles. The Morgan fingerprint density at radius 2 is 1.78 bits per heavy atom. The SMILES string of the molecule is CC(CCc1ccccc1)NCC(C)(O)C(C)C. The first-order chi connectivity index (χ1) is 8.42. The minimum atomic E-state index is -0.624. The van der Waals surface area contributed by atoms with Gasteiger partial charge in [0.05, 0.1) is 5.60 Å². The molecule has 1 aromatic carbocycles. The number of nitrogens with one attached hydrogen (secondary N) is 1. The van der Waals surface area contributed by atoms with Crippen molar-refractivity contribution in [1.82, 2.24) is 5.32 Å². The zero-order valence-corrected chi connectivity index (χ0v) is 12.1. The highest BCUT2D eigenvalue weighted by Gasteiger charge is 2.24. The molecule has 0 bridgehead atoms. The first-order valence-corrected chi connectivity index (χ1v) is 6.91. The molecule has 0 saturated heterocycles. The summed E-state index contributed by atoms with van der Waals surface area (Å²) >= 11 is 0. The Hall–Kier alpha value is -0.860. The van der Waals surface area contributed by atoms with Gasteiger partial charge in [0, 0.05) is 12.6 Å². The van der Waals surface area contributed by atoms with E-state index < -0.39 is 5.60 Å². The normalized spacial score (nSPS) is 16.6. The van der Waals surface area contributed by atoms with E-state index in [-0.39, 0.29) is 5.92 Å². The van der Waals surface area contributed by atoms with Gasteiger partial charge in [-0.1, -0.05) is 44.2 Å². The van der Waals surface area contributed by atoms with Crippen molar-refractivity contribution < 1.29 is 5.11 Å². The van der Waals surface area contributed by atoms with Gasteiger partial charge in [-0.25, -0.2) is 0 Å². The van der Waals surface area contributed by atoms with E-state index >= 15 is 0 Å². The van der Waals surface area contributed by atoms with Gasteiger partial charge in [-0.05, 0) is 38.2 Å². The average molecular weight is 249 g/mol. The summed E-state index contributed by atoms with van der Waals surface area (Å²) in [5, 5.41) is 13.6. The summed E-state index contributed by atoms with van der Waals surface area (Å²) in [7, 11) is 0. The molecule has 0 fully saturated rings. The highest BCUT2D eigenvalue weighted by molar-refractivity contribution is 5.14. The highest BCUT2D eigenvalue weighted by atomic mass is 16.3. The summed E-state index contributed by atoms with van der Waals surface area (Å²) in [6.45, 7) is 8.83. The summed E-state index contributed by atoms with van der Waals surface area (Å²) in [5.41, 5.74) is 0.753. The van der Waals surface area contributed by atoms with Crippen molar-refractivity contribution in [3.8, 4) is 0 Å². The van der Waals surface area contributed by atoms with Crippen molar-refractivity contribution in [2.24, 2.45) is 5.92 Å². The van der Waals surface area contributed by atoms with Crippen LogP contribution in [0.25, 0.3) is 0 Å². The number of aliphatic hydroxyl groups is 1. The number of hydrogen-bond acceptors (Lipinski definition) is 2. The second-order valence-electron chi connectivity index (χ2n) is 5.82. The summed E-state index contributed by atoms with van der Waals surface area (Å²) in [4.78, 5) is 0. The van der Waals surface area contributed by atoms with Gasteiger partial charge in [-0.2, -0.15) is 0 Å². The maximum Gasteiger partial charge on any atom is 0.0766 e. The summed E-state index contributed by atoms with van der Waals surface area (Å²) in [6, 6.07) is 11.0. The molecular formula is C16H27NO. The van der Waals surface area contributed by atoms with Gasteiger partial charge in [0.2, 0.25) is 0 Å². The van der Waals surface area contributed by atoms with Gasteiger partial charge in [0.25, 0.3) is 0 Å². The summed E-state index contributed by atoms with van der Waals surface area (Å²) < 4.78 is 0. The van der Waals surface area contributed by atoms with Crippen LogP contribution < -0.4 is 5.32 Å². The molecule has 0 saturated carbocycles. The van der Waals surface area contributed by atoms with Crippen molar-refractivity contribution in [2.45, 2.75) is 52.2 Å². The Balaban J connectivity index is 2.28. The van der Waals surface area contributed by atoms with Crippen LogP contribution in [-0.2, 0) is 6.42 Å². The third-order valence-electron chi connectivity index (χ3n) is 3.76. The summed E-state index contributed by atoms with van der Waals surface area (Å²) in [5.74, 6) is 0.270. The third-order valence-corrected chi connectivity index (χ3v) is 3.76. The molecule has 1 aromatic rings. The molecule has 18 heavy (non-hydrogen) atoms. The number of hydrogen-bond donors (Lipinski definition) is 2. The van der Waals surface area contributed by atoms with E-state index in [2.05, 4.69) is 50.4 Å². The van der Waals surface area contributed by atoms with Gasteiger partial charge in [-0.15, -0.1) is 0 Å². The first kappa shape index (κ1) is 15.2. The number of benzene rings is 1. The molecule has 0 spiro atoms. The van der Waals surface area contributed by atoms with Crippen molar-refractivity contribution in [3.63, 3.8) is 0 Å². The molecule has 2 atom stereocenters. The van der Waals surface area contributed by atoms with E-state index in [0.29, 0.717) is 12.6 Å². The molecule has 0 heterocycles. The first-order valence-electron chi connectivity index (χ1n) is 6.91. The van der Waals surface area contributed by atoms with Gasteiger partial charge >= 0.3 is 0 Å². The molecular weight excluding hydrogens is 222 g/mol. The van der Waals surface area contributed by atoms with Crippen LogP contribution in [0.5, 0.6) is 0 Å². The lowest BCUT2D eigenvalue weighted by Gasteiger charge is -2.29. The Morgan fingerprint density at radius 3 is 2.33 bits per heavy atom. The smallest absolute Gasteiger partial charge is 0.0766 e. The van der Waals surface area contributed by atoms with Crippen molar-refractivity contribution in [2.75, 3.05) is 6.54 Å². The highest BCUT2D eigenvalue weighted by Crippen LogP contribution is 2.15. The fourth-order valence-electron chi connectivity index (χ4n) is 1.71. The van der Waals surface area contributed by atoms with Crippen LogP contribution in [0.3, 0.4) is 0 Å². The minimum Gasteiger partial charge on any atom is -0.389 e. The van der Waals surface area contributed by atoms with Crippen LogP contribution in [0.1, 0.15) is 39.7 Å². The van der Waals surface area contributed by atoms with E-state index in [4.69, 9.17) is 0 Å². The molecule has 102 valence electrons. The molecule has 0 aliphatic heterocycles. The molecule has 0 aliphatic rings. The zero-order chi connectivity index (χ0) is 13.6. The average Bonchev–Trinajstić information content (AvgIpc) is 2.35. The lowest BCUT2D eigenvalue weighted by atomic mass is 9.92. The fourth-order valence-corrected chi connectivity index (χ4v) is 1.71. The van der Waals surface area contributed by atoms with Crippen molar-refractivity contribution in [1.29, 1.82) is 0 Å². The van der Waals surface area contributed by atoms with Gasteiger partial charge in [-0.3, -0.25) is 0 Å². The number of aryl methyl sites for hydroxylation is 1. The molecule has 0 aromatic heterocycles. The standard InChI is InChI=1S/C16H27NO/c1-13(2)16(4,18)12-17-14(3)10-11-15-8-6-5-7-9-15/h5-9,13-14,17-18H,10-12H2,1-4H3. The van der Waals surface area contributed by atoms with Crippen LogP contribution >= 0.6 is 0 Å². The Bertz CT molecular complexity index is 332. The van der Waals surface area contributed by atoms with Crippen molar-refractivity contribution in [3.05, 3.63) is 35.9 Å². The fraction of sp³-hybridized carbons (Fsp3) is 0.625. The second-order valence-corrected chi connectivity index (χ2v) is 5.82. The van der Waals surface area contributed by atoms with Crippen molar-refractivity contribution >= 4 is 0 Å². The Labute approximate surface area is 111 Å². The third kappa shape index (κ3) is 5.19. The maximum atomic E-state index is 10.2. The predicted octanol–water partition coefficient (Wildman–Crippen LogP) is 3.00. The maximum absolute atomic E-state index is 10.2. The molecule has 2 N–H and O–H groups in total. The van der Waals surface area contributed by atoms with Crippen LogP contribution in [-0.4, -0.2) is 23.3 Å². The lowest BCUT2D eigenvalue weighted by Crippen LogP contribution is -2.45. The van der Waals surface area contributed by atoms with E-state index in [0.717, 1.165) is 12.8 Å². The summed E-state index contributed by atoms with van der Waals surface area (Å²) in [6.07, 6.45) is 2.18. The van der Waals surface area contributed by atoms with Gasteiger partial charge < -0.3 is 10.4 Å². The molecule has 0 amide bonds. The minimum absolute atomic E-state index is 0.270. The second kappa shape index (κ2) is 6.91. The van der Waals surface area contributed by atoms with E-state index in [1.54, 1.807) is 0 Å². The number of rotatable bonds is 7. The molecule has 1 rings (SSSR count). The van der Waals surface area contributed by atoms with E-state index in [1.807, 2.05) is 13.0 Å². The predicted molar refractivity (Wildman–Crippen MR) is 77.7 cm³/mol. The zero-order valence-electron chi connectivity index (χ0n) is 12.1. The Morgan fingerprint density at radius 1 is 1.17 bits per heavy atom. The lowest BCUT2D eigenvalue weighted by molar-refractivity contribution is 0.0120.